The number of amidine groups is 2. The summed E-state index contributed by atoms with van der Waals surface area (Å²) in [7, 11) is 0. The van der Waals surface area contributed by atoms with Crippen molar-refractivity contribution in [1.82, 2.24) is 15.1 Å². The van der Waals surface area contributed by atoms with Gasteiger partial charge in [0.15, 0.2) is 0 Å². The Morgan fingerprint density at radius 3 is 2.70 bits per heavy atom. The summed E-state index contributed by atoms with van der Waals surface area (Å²) >= 11 is 0. The maximum Gasteiger partial charge on any atom is 0.254 e. The van der Waals surface area contributed by atoms with Gasteiger partial charge in [-0.05, 0) is 68.4 Å². The number of allylic oxidation sites excluding steroid dienone is 2. The van der Waals surface area contributed by atoms with Gasteiger partial charge < -0.3 is 10.2 Å². The number of hydrogen-bond acceptors (Lipinski definition) is 4. The van der Waals surface area contributed by atoms with Gasteiger partial charge in [0.25, 0.3) is 5.91 Å². The fourth-order valence-electron chi connectivity index (χ4n) is 5.36. The molecule has 6 nitrogen and oxygen atoms in total. The van der Waals surface area contributed by atoms with Gasteiger partial charge in [0.05, 0.1) is 11.1 Å². The van der Waals surface area contributed by atoms with Gasteiger partial charge in [0.1, 0.15) is 17.5 Å². The molecule has 1 amide bonds. The molecule has 0 bridgehead atoms. The largest absolute Gasteiger partial charge is 0.343 e. The number of hydrogen-bond donors (Lipinski definition) is 3. The maximum absolute atomic E-state index is 14.9. The lowest BCUT2D eigenvalue weighted by Gasteiger charge is -2.34. The summed E-state index contributed by atoms with van der Waals surface area (Å²) in [6.45, 7) is 5.66. The predicted molar refractivity (Wildman–Crippen MR) is 127 cm³/mol. The van der Waals surface area contributed by atoms with E-state index in [9.17, 15) is 9.18 Å². The molecule has 2 heterocycles. The van der Waals surface area contributed by atoms with Gasteiger partial charge in [-0.15, -0.1) is 0 Å². The Kier molecular flexibility index (Phi) is 5.47. The van der Waals surface area contributed by atoms with Crippen LogP contribution in [0.5, 0.6) is 0 Å². The lowest BCUT2D eigenvalue weighted by atomic mass is 9.86. The molecule has 1 unspecified atom stereocenters. The van der Waals surface area contributed by atoms with Crippen LogP contribution in [0.2, 0.25) is 0 Å². The van der Waals surface area contributed by atoms with Gasteiger partial charge in [-0.25, -0.2) is 4.39 Å². The highest BCUT2D eigenvalue weighted by molar-refractivity contribution is 6.08. The minimum absolute atomic E-state index is 0.0853. The highest BCUT2D eigenvalue weighted by Gasteiger charge is 2.35. The average molecular weight is 450 g/mol. The van der Waals surface area contributed by atoms with Crippen molar-refractivity contribution in [2.45, 2.75) is 76.5 Å². The zero-order chi connectivity index (χ0) is 23.3. The molecule has 1 saturated carbocycles. The first-order valence-corrected chi connectivity index (χ1v) is 12.0. The van der Waals surface area contributed by atoms with E-state index in [1.165, 1.54) is 18.9 Å². The van der Waals surface area contributed by atoms with Crippen LogP contribution in [0.1, 0.15) is 67.4 Å². The first-order chi connectivity index (χ1) is 15.7. The normalized spacial score (nSPS) is 27.4. The second kappa shape index (κ2) is 8.20. The van der Waals surface area contributed by atoms with E-state index in [1.807, 2.05) is 32.1 Å². The van der Waals surface area contributed by atoms with Crippen LogP contribution >= 0.6 is 0 Å². The highest BCUT2D eigenvalue weighted by atomic mass is 19.1. The third kappa shape index (κ3) is 4.26. The molecule has 174 valence electrons. The molecule has 0 radical (unpaired) electrons. The molecule has 1 aromatic rings. The first kappa shape index (κ1) is 22.0. The number of carbonyl (C=O) groups excluding carboxylic acids is 1. The van der Waals surface area contributed by atoms with Crippen molar-refractivity contribution >= 4 is 17.6 Å². The minimum atomic E-state index is -0.735. The van der Waals surface area contributed by atoms with Crippen molar-refractivity contribution < 1.29 is 9.18 Å². The molecule has 0 spiro atoms. The molecule has 7 heteroatoms. The minimum Gasteiger partial charge on any atom is -0.343 e. The van der Waals surface area contributed by atoms with E-state index >= 15 is 0 Å². The van der Waals surface area contributed by atoms with Crippen LogP contribution in [-0.2, 0) is 13.0 Å². The van der Waals surface area contributed by atoms with E-state index in [-0.39, 0.29) is 11.6 Å². The molecule has 2 atom stereocenters. The molecule has 4 aliphatic rings. The number of fused-ring (bicyclic) bond motifs is 1. The molecule has 2 fully saturated rings. The summed E-state index contributed by atoms with van der Waals surface area (Å²) in [4.78, 5) is 17.4. The van der Waals surface area contributed by atoms with E-state index in [2.05, 4.69) is 10.2 Å². The maximum atomic E-state index is 14.9. The number of rotatable bonds is 4. The van der Waals surface area contributed by atoms with Crippen LogP contribution in [-0.4, -0.2) is 51.5 Å². The van der Waals surface area contributed by atoms with Crippen molar-refractivity contribution in [1.29, 1.82) is 10.8 Å². The van der Waals surface area contributed by atoms with Crippen LogP contribution in [0.15, 0.2) is 35.9 Å². The molecule has 2 aliphatic carbocycles. The molecular weight excluding hydrogens is 417 g/mol. The zero-order valence-corrected chi connectivity index (χ0v) is 19.4. The number of halogens is 1. The van der Waals surface area contributed by atoms with Crippen molar-refractivity contribution in [2.24, 2.45) is 0 Å². The topological polar surface area (TPSA) is 83.3 Å². The molecule has 1 aromatic carbocycles. The van der Waals surface area contributed by atoms with Gasteiger partial charge in [-0.1, -0.05) is 18.2 Å². The van der Waals surface area contributed by atoms with Crippen LogP contribution in [0.4, 0.5) is 4.39 Å². The van der Waals surface area contributed by atoms with Crippen molar-refractivity contribution in [3.8, 4) is 0 Å². The van der Waals surface area contributed by atoms with Crippen molar-refractivity contribution in [3.05, 3.63) is 58.4 Å². The molecule has 2 aliphatic heterocycles. The van der Waals surface area contributed by atoms with Crippen LogP contribution in [0.3, 0.4) is 0 Å². The average Bonchev–Trinajstić information content (AvgIpc) is 3.57. The lowest BCUT2D eigenvalue weighted by molar-refractivity contribution is 0.0917. The van der Waals surface area contributed by atoms with Crippen LogP contribution in [0, 0.1) is 16.6 Å². The molecule has 0 aromatic heterocycles. The fourth-order valence-corrected chi connectivity index (χ4v) is 5.36. The predicted octanol–water partition coefficient (Wildman–Crippen LogP) is 4.16. The highest BCUT2D eigenvalue weighted by Crippen LogP contribution is 2.33. The number of likely N-dealkylation sites (tertiary alicyclic amines) is 1. The smallest absolute Gasteiger partial charge is 0.254 e. The summed E-state index contributed by atoms with van der Waals surface area (Å²) in [6, 6.07) is 4.04. The van der Waals surface area contributed by atoms with E-state index < -0.39 is 17.3 Å². The Labute approximate surface area is 194 Å². The summed E-state index contributed by atoms with van der Waals surface area (Å²) in [5, 5.41) is 19.9. The van der Waals surface area contributed by atoms with Gasteiger partial charge >= 0.3 is 0 Å². The summed E-state index contributed by atoms with van der Waals surface area (Å²) in [5.41, 5.74) is 2.17. The Hall–Kier alpha value is -2.80. The van der Waals surface area contributed by atoms with E-state index in [1.54, 1.807) is 11.0 Å². The first-order valence-electron chi connectivity index (χ1n) is 12.0. The summed E-state index contributed by atoms with van der Waals surface area (Å²) in [6.07, 6.45) is 10.9. The Balaban J connectivity index is 1.31. The Morgan fingerprint density at radius 2 is 2.00 bits per heavy atom. The zero-order valence-electron chi connectivity index (χ0n) is 19.4. The van der Waals surface area contributed by atoms with E-state index in [0.29, 0.717) is 30.6 Å². The van der Waals surface area contributed by atoms with Crippen LogP contribution in [0.25, 0.3) is 0 Å². The van der Waals surface area contributed by atoms with Crippen LogP contribution < -0.4 is 5.32 Å². The fraction of sp³-hybridized carbons (Fsp3) is 0.500. The second-order valence-corrected chi connectivity index (χ2v) is 10.2. The Bertz CT molecular complexity index is 1090. The lowest BCUT2D eigenvalue weighted by Crippen LogP contribution is -2.47. The number of benzene rings is 1. The van der Waals surface area contributed by atoms with Crippen molar-refractivity contribution in [2.75, 3.05) is 6.54 Å². The number of nitrogens with zero attached hydrogens (tertiary/aromatic N) is 2. The standard InChI is InChI=1S/C26H32FN5O/c1-16-5-8-23(28)32(16)24(29)18-4-3-10-26(2,14-18)30-25(33)21-12-19-15-31(20-6-7-20)11-9-17(19)13-22(21)27/h3-4,10,12-13,16,20,28-29H,5-9,11,14-15H2,1-2H3,(H,30,33)/t16-,26?/m0/s1. The van der Waals surface area contributed by atoms with Crippen molar-refractivity contribution in [3.63, 3.8) is 0 Å². The Morgan fingerprint density at radius 1 is 1.21 bits per heavy atom. The third-order valence-corrected chi connectivity index (χ3v) is 7.43. The third-order valence-electron chi connectivity index (χ3n) is 7.43. The molecule has 5 rings (SSSR count). The van der Waals surface area contributed by atoms with E-state index in [4.69, 9.17) is 10.8 Å². The summed E-state index contributed by atoms with van der Waals surface area (Å²) in [5.74, 6) is -0.126. The SMILES string of the molecule is C[C@H]1CCC(=N)N1C(=N)C1=CC=CC(C)(NC(=O)c2cc3c(cc2F)CCN(C2CC2)C3)C1. The molecule has 3 N–H and O–H groups in total. The van der Waals surface area contributed by atoms with Gasteiger partial charge in [-0.3, -0.25) is 20.5 Å². The molecular formula is C26H32FN5O. The summed E-state index contributed by atoms with van der Waals surface area (Å²) < 4.78 is 14.9. The van der Waals surface area contributed by atoms with Gasteiger partial charge in [-0.2, -0.15) is 0 Å². The number of amides is 1. The van der Waals surface area contributed by atoms with E-state index in [0.717, 1.165) is 42.6 Å². The quantitative estimate of drug-likeness (QED) is 0.477. The van der Waals surface area contributed by atoms with Gasteiger partial charge in [0.2, 0.25) is 0 Å². The second-order valence-electron chi connectivity index (χ2n) is 10.2. The molecule has 1 saturated heterocycles. The number of carbonyl (C=O) groups is 1. The molecule has 33 heavy (non-hydrogen) atoms. The monoisotopic (exact) mass is 449 g/mol. The number of nitrogens with one attached hydrogen (secondary N) is 3. The van der Waals surface area contributed by atoms with Gasteiger partial charge in [0, 0.05) is 38.0 Å².